The first-order valence-corrected chi connectivity index (χ1v) is 14.4. The molecule has 8 rings (SSSR count). The number of rotatable bonds is 5. The van der Waals surface area contributed by atoms with Gasteiger partial charge in [0.15, 0.2) is 5.78 Å². The van der Waals surface area contributed by atoms with Crippen molar-refractivity contribution in [3.63, 3.8) is 0 Å². The molecular formula is C40H26N2O. The number of hydrogen-bond donors (Lipinski definition) is 0. The number of fused-ring (bicyclic) bond motifs is 6. The highest BCUT2D eigenvalue weighted by Gasteiger charge is 2.20. The standard InChI is InChI=1S/C40H26N2O/c43-39(28-12-3-1-4-13-28)29-24-22-27(23-25-29)30-14-11-15-31(26-30)40-41-37-35-20-9-7-18-33(35)34-19-8-10-21-36(34)38(37)42(40)32-16-5-2-6-17-32/h1-26H. The van der Waals surface area contributed by atoms with Crippen LogP contribution in [0.25, 0.3) is 60.8 Å². The van der Waals surface area contributed by atoms with Crippen LogP contribution in [-0.4, -0.2) is 15.3 Å². The van der Waals surface area contributed by atoms with E-state index in [0.717, 1.165) is 44.6 Å². The summed E-state index contributed by atoms with van der Waals surface area (Å²) in [4.78, 5) is 18.3. The van der Waals surface area contributed by atoms with E-state index in [9.17, 15) is 4.79 Å². The Morgan fingerprint density at radius 3 is 1.74 bits per heavy atom. The summed E-state index contributed by atoms with van der Waals surface area (Å²) >= 11 is 0. The van der Waals surface area contributed by atoms with E-state index >= 15 is 0 Å². The van der Waals surface area contributed by atoms with Crippen LogP contribution in [0.1, 0.15) is 15.9 Å². The second-order valence-electron chi connectivity index (χ2n) is 10.7. The molecule has 8 aromatic rings. The van der Waals surface area contributed by atoms with E-state index in [2.05, 4.69) is 102 Å². The average Bonchev–Trinajstić information content (AvgIpc) is 3.50. The van der Waals surface area contributed by atoms with Crippen molar-refractivity contribution in [3.05, 3.63) is 169 Å². The predicted molar refractivity (Wildman–Crippen MR) is 177 cm³/mol. The van der Waals surface area contributed by atoms with Gasteiger partial charge in [0, 0.05) is 33.2 Å². The Morgan fingerprint density at radius 1 is 0.465 bits per heavy atom. The van der Waals surface area contributed by atoms with E-state index in [0.29, 0.717) is 11.1 Å². The van der Waals surface area contributed by atoms with Crippen LogP contribution in [0.15, 0.2) is 158 Å². The third-order valence-corrected chi connectivity index (χ3v) is 8.18. The summed E-state index contributed by atoms with van der Waals surface area (Å²) in [5.74, 6) is 0.914. The van der Waals surface area contributed by atoms with Crippen LogP contribution < -0.4 is 0 Å². The Morgan fingerprint density at radius 2 is 1.02 bits per heavy atom. The Kier molecular flexibility index (Phi) is 5.94. The lowest BCUT2D eigenvalue weighted by Gasteiger charge is -2.13. The highest BCUT2D eigenvalue weighted by molar-refractivity contribution is 6.24. The summed E-state index contributed by atoms with van der Waals surface area (Å²) < 4.78 is 2.30. The molecule has 0 bridgehead atoms. The molecule has 0 saturated heterocycles. The number of ketones is 1. The zero-order valence-corrected chi connectivity index (χ0v) is 23.3. The number of aromatic nitrogens is 2. The highest BCUT2D eigenvalue weighted by atomic mass is 16.1. The Balaban J connectivity index is 1.31. The third kappa shape index (κ3) is 4.22. The van der Waals surface area contributed by atoms with E-state index in [4.69, 9.17) is 4.98 Å². The quantitative estimate of drug-likeness (QED) is 0.158. The van der Waals surface area contributed by atoms with E-state index < -0.39 is 0 Å². The molecule has 3 nitrogen and oxygen atoms in total. The molecule has 0 aliphatic heterocycles. The molecule has 0 fully saturated rings. The first kappa shape index (κ1) is 25.0. The first-order valence-electron chi connectivity index (χ1n) is 14.4. The van der Waals surface area contributed by atoms with Gasteiger partial charge in [-0.2, -0.15) is 0 Å². The lowest BCUT2D eigenvalue weighted by atomic mass is 9.98. The van der Waals surface area contributed by atoms with E-state index in [-0.39, 0.29) is 5.78 Å². The van der Waals surface area contributed by atoms with Crippen LogP contribution >= 0.6 is 0 Å². The number of hydrogen-bond acceptors (Lipinski definition) is 2. The number of carbonyl (C=O) groups is 1. The maximum absolute atomic E-state index is 13.0. The summed E-state index contributed by atoms with van der Waals surface area (Å²) in [6.45, 7) is 0. The molecule has 0 radical (unpaired) electrons. The lowest BCUT2D eigenvalue weighted by Crippen LogP contribution is -2.00. The fraction of sp³-hybridized carbons (Fsp3) is 0. The van der Waals surface area contributed by atoms with Crippen molar-refractivity contribution in [2.45, 2.75) is 0 Å². The number of imidazole rings is 1. The van der Waals surface area contributed by atoms with Crippen LogP contribution in [0.2, 0.25) is 0 Å². The molecule has 0 amide bonds. The van der Waals surface area contributed by atoms with Crippen molar-refractivity contribution in [1.29, 1.82) is 0 Å². The van der Waals surface area contributed by atoms with Gasteiger partial charge in [-0.15, -0.1) is 0 Å². The van der Waals surface area contributed by atoms with Gasteiger partial charge in [0.25, 0.3) is 0 Å². The van der Waals surface area contributed by atoms with Gasteiger partial charge in [-0.3, -0.25) is 9.36 Å². The molecule has 1 heterocycles. The summed E-state index contributed by atoms with van der Waals surface area (Å²) in [5, 5.41) is 4.73. The molecule has 0 spiro atoms. The van der Waals surface area contributed by atoms with Crippen LogP contribution in [0, 0.1) is 0 Å². The molecule has 1 aromatic heterocycles. The van der Waals surface area contributed by atoms with Crippen molar-refractivity contribution >= 4 is 38.4 Å². The Hall–Kier alpha value is -5.80. The molecule has 0 aliphatic carbocycles. The molecule has 0 unspecified atom stereocenters. The smallest absolute Gasteiger partial charge is 0.193 e. The van der Waals surface area contributed by atoms with Crippen LogP contribution in [0.3, 0.4) is 0 Å². The van der Waals surface area contributed by atoms with Crippen LogP contribution in [-0.2, 0) is 0 Å². The van der Waals surface area contributed by atoms with E-state index in [1.807, 2.05) is 60.7 Å². The lowest BCUT2D eigenvalue weighted by molar-refractivity contribution is 0.103. The number of para-hydroxylation sites is 1. The molecule has 0 N–H and O–H groups in total. The average molecular weight is 551 g/mol. The zero-order valence-electron chi connectivity index (χ0n) is 23.3. The molecule has 202 valence electrons. The summed E-state index contributed by atoms with van der Waals surface area (Å²) in [5.41, 5.74) is 7.66. The molecule has 3 heteroatoms. The second-order valence-corrected chi connectivity index (χ2v) is 10.7. The van der Waals surface area contributed by atoms with E-state index in [1.54, 1.807) is 0 Å². The number of benzene rings is 7. The van der Waals surface area contributed by atoms with Gasteiger partial charge in [-0.25, -0.2) is 4.98 Å². The second kappa shape index (κ2) is 10.2. The normalized spacial score (nSPS) is 11.3. The molecular weight excluding hydrogens is 524 g/mol. The monoisotopic (exact) mass is 550 g/mol. The molecule has 0 aliphatic rings. The van der Waals surface area contributed by atoms with Crippen molar-refractivity contribution in [1.82, 2.24) is 9.55 Å². The van der Waals surface area contributed by atoms with Crippen molar-refractivity contribution < 1.29 is 4.79 Å². The van der Waals surface area contributed by atoms with Crippen molar-refractivity contribution in [2.75, 3.05) is 0 Å². The van der Waals surface area contributed by atoms with Crippen molar-refractivity contribution in [2.24, 2.45) is 0 Å². The van der Waals surface area contributed by atoms with Gasteiger partial charge < -0.3 is 0 Å². The van der Waals surface area contributed by atoms with Crippen molar-refractivity contribution in [3.8, 4) is 28.2 Å². The first-order chi connectivity index (χ1) is 21.3. The number of carbonyl (C=O) groups excluding carboxylic acids is 1. The predicted octanol–water partition coefficient (Wildman–Crippen LogP) is 9.90. The summed E-state index contributed by atoms with van der Waals surface area (Å²) in [6, 6.07) is 53.4. The largest absolute Gasteiger partial charge is 0.292 e. The van der Waals surface area contributed by atoms with Gasteiger partial charge in [-0.05, 0) is 40.1 Å². The van der Waals surface area contributed by atoms with Crippen LogP contribution in [0.5, 0.6) is 0 Å². The summed E-state index contributed by atoms with van der Waals surface area (Å²) in [6.07, 6.45) is 0. The van der Waals surface area contributed by atoms with E-state index in [1.165, 1.54) is 16.2 Å². The van der Waals surface area contributed by atoms with Gasteiger partial charge in [0.2, 0.25) is 0 Å². The molecule has 43 heavy (non-hydrogen) atoms. The van der Waals surface area contributed by atoms with Crippen LogP contribution in [0.4, 0.5) is 0 Å². The fourth-order valence-electron chi connectivity index (χ4n) is 6.14. The fourth-order valence-corrected chi connectivity index (χ4v) is 6.14. The maximum atomic E-state index is 13.0. The molecule has 0 saturated carbocycles. The van der Waals surface area contributed by atoms with Gasteiger partial charge in [-0.1, -0.05) is 140 Å². The minimum Gasteiger partial charge on any atom is -0.292 e. The minimum absolute atomic E-state index is 0.0249. The van der Waals surface area contributed by atoms with Gasteiger partial charge in [0.05, 0.1) is 11.0 Å². The minimum atomic E-state index is 0.0249. The molecule has 0 atom stereocenters. The Labute approximate surface area is 249 Å². The Bertz CT molecular complexity index is 2280. The highest BCUT2D eigenvalue weighted by Crippen LogP contribution is 2.39. The maximum Gasteiger partial charge on any atom is 0.193 e. The van der Waals surface area contributed by atoms with Gasteiger partial charge in [0.1, 0.15) is 5.82 Å². The number of nitrogens with zero attached hydrogens (tertiary/aromatic N) is 2. The van der Waals surface area contributed by atoms with Gasteiger partial charge >= 0.3 is 0 Å². The summed E-state index contributed by atoms with van der Waals surface area (Å²) in [7, 11) is 0. The SMILES string of the molecule is O=C(c1ccccc1)c1ccc(-c2cccc(-c3nc4c5ccccc5c5ccccc5c4n3-c3ccccc3)c2)cc1. The third-order valence-electron chi connectivity index (χ3n) is 8.18. The topological polar surface area (TPSA) is 34.9 Å². The zero-order chi connectivity index (χ0) is 28.8. The molecule has 7 aromatic carbocycles.